The number of hydrogen-bond acceptors (Lipinski definition) is 3. The molecule has 1 amide bonds. The lowest BCUT2D eigenvalue weighted by Crippen LogP contribution is -2.42. The van der Waals surface area contributed by atoms with Gasteiger partial charge in [-0.25, -0.2) is 0 Å². The van der Waals surface area contributed by atoms with Crippen LogP contribution < -0.4 is 5.32 Å². The Balaban J connectivity index is 1.36. The third kappa shape index (κ3) is 4.32. The van der Waals surface area contributed by atoms with Gasteiger partial charge in [0.2, 0.25) is 5.91 Å². The van der Waals surface area contributed by atoms with Crippen LogP contribution in [0.1, 0.15) is 69.4 Å². The molecule has 4 rings (SSSR count). The highest BCUT2D eigenvalue weighted by atomic mass is 16.2. The van der Waals surface area contributed by atoms with Crippen LogP contribution in [0.5, 0.6) is 0 Å². The fourth-order valence-electron chi connectivity index (χ4n) is 5.52. The third-order valence-electron chi connectivity index (χ3n) is 7.30. The van der Waals surface area contributed by atoms with Gasteiger partial charge in [-0.05, 0) is 63.1 Å². The van der Waals surface area contributed by atoms with E-state index in [-0.39, 0.29) is 23.7 Å². The summed E-state index contributed by atoms with van der Waals surface area (Å²) in [5, 5.41) is 3.19. The van der Waals surface area contributed by atoms with E-state index in [4.69, 9.17) is 0 Å². The predicted molar refractivity (Wildman–Crippen MR) is 111 cm³/mol. The molecule has 152 valence electrons. The zero-order chi connectivity index (χ0) is 19.5. The fourth-order valence-corrected chi connectivity index (χ4v) is 5.52. The van der Waals surface area contributed by atoms with Crippen molar-refractivity contribution in [2.75, 3.05) is 6.54 Å². The highest BCUT2D eigenvalue weighted by Gasteiger charge is 2.41. The largest absolute Gasteiger partial charge is 0.352 e. The van der Waals surface area contributed by atoms with Gasteiger partial charge in [0, 0.05) is 36.9 Å². The van der Waals surface area contributed by atoms with Gasteiger partial charge in [-0.3, -0.25) is 14.5 Å². The van der Waals surface area contributed by atoms with Gasteiger partial charge in [0.25, 0.3) is 0 Å². The SMILES string of the molecule is C[C@@H]1CCCCN1Cc1ccccc1CNC(=O)C1C[C@H]2CCC[C@@H](C1)C2=O. The summed E-state index contributed by atoms with van der Waals surface area (Å²) in [6, 6.07) is 9.14. The van der Waals surface area contributed by atoms with Crippen LogP contribution >= 0.6 is 0 Å². The van der Waals surface area contributed by atoms with Crippen LogP contribution in [0, 0.1) is 17.8 Å². The van der Waals surface area contributed by atoms with Gasteiger partial charge in [-0.1, -0.05) is 37.1 Å². The van der Waals surface area contributed by atoms with Gasteiger partial charge in [-0.2, -0.15) is 0 Å². The molecule has 2 bridgehead atoms. The third-order valence-corrected chi connectivity index (χ3v) is 7.30. The number of benzene rings is 1. The van der Waals surface area contributed by atoms with Crippen molar-refractivity contribution in [1.82, 2.24) is 10.2 Å². The topological polar surface area (TPSA) is 49.4 Å². The maximum absolute atomic E-state index is 12.8. The quantitative estimate of drug-likeness (QED) is 0.835. The second-order valence-electron chi connectivity index (χ2n) is 9.20. The lowest BCUT2D eigenvalue weighted by Gasteiger charge is -2.37. The summed E-state index contributed by atoms with van der Waals surface area (Å²) in [5.74, 6) is 0.858. The van der Waals surface area contributed by atoms with E-state index in [1.807, 2.05) is 0 Å². The number of ketones is 1. The molecule has 1 unspecified atom stereocenters. The first-order valence-corrected chi connectivity index (χ1v) is 11.2. The average Bonchev–Trinajstić information content (AvgIpc) is 2.68. The van der Waals surface area contributed by atoms with Crippen molar-refractivity contribution in [2.24, 2.45) is 17.8 Å². The van der Waals surface area contributed by atoms with Crippen molar-refractivity contribution in [1.29, 1.82) is 0 Å². The molecular formula is C24H34N2O2. The molecule has 4 atom stereocenters. The lowest BCUT2D eigenvalue weighted by atomic mass is 9.67. The Morgan fingerprint density at radius 3 is 2.46 bits per heavy atom. The molecule has 1 heterocycles. The van der Waals surface area contributed by atoms with E-state index in [1.165, 1.54) is 36.9 Å². The molecule has 4 nitrogen and oxygen atoms in total. The minimum atomic E-state index is 0.0160. The van der Waals surface area contributed by atoms with Crippen LogP contribution in [0.15, 0.2) is 24.3 Å². The van der Waals surface area contributed by atoms with E-state index in [1.54, 1.807) is 0 Å². The van der Waals surface area contributed by atoms with Crippen molar-refractivity contribution in [3.05, 3.63) is 35.4 Å². The monoisotopic (exact) mass is 382 g/mol. The Kier molecular flexibility index (Phi) is 6.15. The molecule has 1 saturated heterocycles. The van der Waals surface area contributed by atoms with E-state index in [2.05, 4.69) is 41.4 Å². The highest BCUT2D eigenvalue weighted by molar-refractivity contribution is 5.88. The molecule has 1 aliphatic heterocycles. The molecule has 3 fully saturated rings. The summed E-state index contributed by atoms with van der Waals surface area (Å²) >= 11 is 0. The summed E-state index contributed by atoms with van der Waals surface area (Å²) in [6.07, 6.45) is 8.53. The first kappa shape index (κ1) is 19.6. The summed E-state index contributed by atoms with van der Waals surface area (Å²) < 4.78 is 0. The number of nitrogens with one attached hydrogen (secondary N) is 1. The maximum atomic E-state index is 12.8. The van der Waals surface area contributed by atoms with E-state index in [9.17, 15) is 9.59 Å². The number of hydrogen-bond donors (Lipinski definition) is 1. The lowest BCUT2D eigenvalue weighted by molar-refractivity contribution is -0.137. The second-order valence-corrected chi connectivity index (χ2v) is 9.20. The average molecular weight is 383 g/mol. The van der Waals surface area contributed by atoms with E-state index in [0.29, 0.717) is 18.4 Å². The molecule has 28 heavy (non-hydrogen) atoms. The van der Waals surface area contributed by atoms with Crippen molar-refractivity contribution in [3.63, 3.8) is 0 Å². The van der Waals surface area contributed by atoms with Crippen LogP contribution in [-0.4, -0.2) is 29.2 Å². The normalized spacial score (nSPS) is 30.8. The summed E-state index contributed by atoms with van der Waals surface area (Å²) in [6.45, 7) is 5.05. The number of likely N-dealkylation sites (tertiary alicyclic amines) is 1. The number of amides is 1. The number of carbonyl (C=O) groups excluding carboxylic acids is 2. The number of Topliss-reactive ketones (excluding diaryl/α,β-unsaturated/α-hetero) is 1. The standard InChI is InChI=1S/C24H34N2O2/c1-17-7-4-5-12-26(17)16-21-9-3-2-8-20(21)15-25-24(28)22-13-18-10-6-11-19(14-22)23(18)27/h2-3,8-9,17-19,22H,4-7,10-16H2,1H3,(H,25,28)/t17-,18-,19+,22?/m1/s1. The van der Waals surface area contributed by atoms with Gasteiger partial charge in [-0.15, -0.1) is 0 Å². The van der Waals surface area contributed by atoms with Crippen molar-refractivity contribution >= 4 is 11.7 Å². The Bertz CT molecular complexity index is 700. The summed E-state index contributed by atoms with van der Waals surface area (Å²) in [4.78, 5) is 27.7. The molecule has 2 aliphatic carbocycles. The number of piperidine rings is 1. The molecule has 1 aromatic rings. The van der Waals surface area contributed by atoms with Gasteiger partial charge < -0.3 is 5.32 Å². The number of rotatable bonds is 5. The minimum absolute atomic E-state index is 0.0160. The molecule has 2 saturated carbocycles. The van der Waals surface area contributed by atoms with Gasteiger partial charge in [0.05, 0.1) is 0 Å². The summed E-state index contributed by atoms with van der Waals surface area (Å²) in [5.41, 5.74) is 2.55. The van der Waals surface area contributed by atoms with E-state index >= 15 is 0 Å². The Hall–Kier alpha value is -1.68. The maximum Gasteiger partial charge on any atom is 0.223 e. The van der Waals surface area contributed by atoms with E-state index < -0.39 is 0 Å². The van der Waals surface area contributed by atoms with Crippen LogP contribution in [0.25, 0.3) is 0 Å². The molecule has 1 N–H and O–H groups in total. The molecular weight excluding hydrogens is 348 g/mol. The number of nitrogens with zero attached hydrogens (tertiary/aromatic N) is 1. The smallest absolute Gasteiger partial charge is 0.223 e. The number of carbonyl (C=O) groups is 2. The van der Waals surface area contributed by atoms with Crippen molar-refractivity contribution < 1.29 is 9.59 Å². The van der Waals surface area contributed by atoms with Gasteiger partial charge >= 0.3 is 0 Å². The first-order chi connectivity index (χ1) is 13.6. The second kappa shape index (κ2) is 8.77. The zero-order valence-electron chi connectivity index (χ0n) is 17.2. The highest BCUT2D eigenvalue weighted by Crippen LogP contribution is 2.40. The van der Waals surface area contributed by atoms with Crippen molar-refractivity contribution in [2.45, 2.75) is 77.4 Å². The minimum Gasteiger partial charge on any atom is -0.352 e. The molecule has 1 aromatic carbocycles. The van der Waals surface area contributed by atoms with Crippen LogP contribution in [0.4, 0.5) is 0 Å². The zero-order valence-corrected chi connectivity index (χ0v) is 17.2. The Labute approximate surface area is 169 Å². The Morgan fingerprint density at radius 2 is 1.75 bits per heavy atom. The molecule has 4 heteroatoms. The molecule has 0 radical (unpaired) electrons. The van der Waals surface area contributed by atoms with Crippen LogP contribution in [-0.2, 0) is 22.7 Å². The first-order valence-electron chi connectivity index (χ1n) is 11.2. The number of fused-ring (bicyclic) bond motifs is 2. The van der Waals surface area contributed by atoms with Crippen LogP contribution in [0.2, 0.25) is 0 Å². The van der Waals surface area contributed by atoms with Crippen molar-refractivity contribution in [3.8, 4) is 0 Å². The summed E-state index contributed by atoms with van der Waals surface area (Å²) in [7, 11) is 0. The molecule has 3 aliphatic rings. The fraction of sp³-hybridized carbons (Fsp3) is 0.667. The predicted octanol–water partition coefficient (Wildman–Crippen LogP) is 4.07. The van der Waals surface area contributed by atoms with Gasteiger partial charge in [0.1, 0.15) is 5.78 Å². The molecule has 0 aromatic heterocycles. The molecule has 0 spiro atoms. The van der Waals surface area contributed by atoms with Gasteiger partial charge in [0.15, 0.2) is 0 Å². The van der Waals surface area contributed by atoms with E-state index in [0.717, 1.165) is 38.6 Å². The van der Waals surface area contributed by atoms with Crippen LogP contribution in [0.3, 0.4) is 0 Å². The Morgan fingerprint density at radius 1 is 1.04 bits per heavy atom.